The summed E-state index contributed by atoms with van der Waals surface area (Å²) in [4.78, 5) is 11.2. The minimum atomic E-state index is -0.710. The first-order valence-corrected chi connectivity index (χ1v) is 5.98. The number of ether oxygens (including phenoxy) is 2. The highest BCUT2D eigenvalue weighted by molar-refractivity contribution is 5.78. The smallest absolute Gasteiger partial charge is 0.309 e. The van der Waals surface area contributed by atoms with Gasteiger partial charge >= 0.3 is 5.97 Å². The summed E-state index contributed by atoms with van der Waals surface area (Å²) in [5, 5.41) is 9.23. The first-order chi connectivity index (χ1) is 8.54. The minimum Gasteiger partial charge on any atom is -0.496 e. The molecular formula is C14H18O4. The van der Waals surface area contributed by atoms with Gasteiger partial charge in [-0.2, -0.15) is 0 Å². The van der Waals surface area contributed by atoms with E-state index in [1.807, 2.05) is 19.1 Å². The molecule has 0 amide bonds. The van der Waals surface area contributed by atoms with Gasteiger partial charge in [-0.25, -0.2) is 0 Å². The van der Waals surface area contributed by atoms with Crippen LogP contribution in [0.15, 0.2) is 12.1 Å². The lowest BCUT2D eigenvalue weighted by Crippen LogP contribution is -2.18. The molecule has 0 atom stereocenters. The van der Waals surface area contributed by atoms with Gasteiger partial charge in [0.2, 0.25) is 0 Å². The standard InChI is InChI=1S/C14H18O4/c1-9-11(17-2)5-4-10(12(9)18-3)8-14(6-7-14)13(15)16/h4-5H,6-8H2,1-3H3,(H,15,16). The van der Waals surface area contributed by atoms with Gasteiger partial charge in [-0.05, 0) is 37.8 Å². The second kappa shape index (κ2) is 4.52. The van der Waals surface area contributed by atoms with Gasteiger partial charge in [-0.1, -0.05) is 6.07 Å². The molecule has 4 heteroatoms. The monoisotopic (exact) mass is 250 g/mol. The maximum atomic E-state index is 11.2. The van der Waals surface area contributed by atoms with E-state index in [2.05, 4.69) is 0 Å². The molecule has 1 aliphatic rings. The van der Waals surface area contributed by atoms with Crippen molar-refractivity contribution in [2.45, 2.75) is 26.2 Å². The fourth-order valence-electron chi connectivity index (χ4n) is 2.36. The molecule has 18 heavy (non-hydrogen) atoms. The van der Waals surface area contributed by atoms with Crippen LogP contribution < -0.4 is 9.47 Å². The quantitative estimate of drug-likeness (QED) is 0.872. The van der Waals surface area contributed by atoms with Crippen molar-refractivity contribution in [1.29, 1.82) is 0 Å². The second-order valence-electron chi connectivity index (χ2n) is 4.85. The average Bonchev–Trinajstić information content (AvgIpc) is 3.11. The largest absolute Gasteiger partial charge is 0.496 e. The zero-order chi connectivity index (χ0) is 13.3. The van der Waals surface area contributed by atoms with Crippen molar-refractivity contribution in [3.63, 3.8) is 0 Å². The third kappa shape index (κ3) is 2.03. The Kier molecular flexibility index (Phi) is 3.20. The zero-order valence-corrected chi connectivity index (χ0v) is 10.9. The van der Waals surface area contributed by atoms with Crippen LogP contribution in [0.3, 0.4) is 0 Å². The fraction of sp³-hybridized carbons (Fsp3) is 0.500. The van der Waals surface area contributed by atoms with Gasteiger partial charge in [0.1, 0.15) is 11.5 Å². The van der Waals surface area contributed by atoms with Crippen molar-refractivity contribution >= 4 is 5.97 Å². The highest BCUT2D eigenvalue weighted by Gasteiger charge is 2.50. The number of hydrogen-bond acceptors (Lipinski definition) is 3. The first-order valence-electron chi connectivity index (χ1n) is 5.98. The number of aliphatic carboxylic acids is 1. The Balaban J connectivity index is 2.34. The van der Waals surface area contributed by atoms with Gasteiger partial charge in [-0.3, -0.25) is 4.79 Å². The predicted octanol–water partition coefficient (Wildman–Crippen LogP) is 2.42. The van der Waals surface area contributed by atoms with Gasteiger partial charge in [0.25, 0.3) is 0 Å². The highest BCUT2D eigenvalue weighted by atomic mass is 16.5. The number of rotatable bonds is 5. The Morgan fingerprint density at radius 1 is 1.33 bits per heavy atom. The van der Waals surface area contributed by atoms with E-state index in [1.165, 1.54) is 0 Å². The molecule has 0 radical (unpaired) electrons. The lowest BCUT2D eigenvalue weighted by atomic mass is 9.94. The van der Waals surface area contributed by atoms with Crippen LogP contribution in [0, 0.1) is 12.3 Å². The van der Waals surface area contributed by atoms with E-state index in [9.17, 15) is 9.90 Å². The van der Waals surface area contributed by atoms with Crippen LogP contribution in [0.2, 0.25) is 0 Å². The highest BCUT2D eigenvalue weighted by Crippen LogP contribution is 2.50. The van der Waals surface area contributed by atoms with Gasteiger partial charge < -0.3 is 14.6 Å². The van der Waals surface area contributed by atoms with Crippen molar-refractivity contribution in [2.24, 2.45) is 5.41 Å². The zero-order valence-electron chi connectivity index (χ0n) is 10.9. The summed E-state index contributed by atoms with van der Waals surface area (Å²) in [6, 6.07) is 3.76. The van der Waals surface area contributed by atoms with Crippen LogP contribution in [-0.4, -0.2) is 25.3 Å². The van der Waals surface area contributed by atoms with E-state index in [1.54, 1.807) is 14.2 Å². The average molecular weight is 250 g/mol. The lowest BCUT2D eigenvalue weighted by Gasteiger charge is -2.17. The van der Waals surface area contributed by atoms with Crippen LogP contribution in [0.5, 0.6) is 11.5 Å². The lowest BCUT2D eigenvalue weighted by molar-refractivity contribution is -0.143. The molecule has 0 aromatic heterocycles. The molecule has 0 unspecified atom stereocenters. The van der Waals surface area contributed by atoms with Crippen LogP contribution >= 0.6 is 0 Å². The summed E-state index contributed by atoms with van der Waals surface area (Å²) < 4.78 is 10.6. The van der Waals surface area contributed by atoms with E-state index in [0.29, 0.717) is 6.42 Å². The van der Waals surface area contributed by atoms with E-state index >= 15 is 0 Å². The van der Waals surface area contributed by atoms with Crippen molar-refractivity contribution in [3.05, 3.63) is 23.3 Å². The molecule has 1 N–H and O–H groups in total. The summed E-state index contributed by atoms with van der Waals surface area (Å²) in [5.41, 5.74) is 1.28. The van der Waals surface area contributed by atoms with Gasteiger partial charge in [0.15, 0.2) is 0 Å². The third-order valence-corrected chi connectivity index (χ3v) is 3.70. The molecule has 1 saturated carbocycles. The number of benzene rings is 1. The van der Waals surface area contributed by atoms with Crippen molar-refractivity contribution in [3.8, 4) is 11.5 Å². The molecule has 0 bridgehead atoms. The number of carboxylic acids is 1. The van der Waals surface area contributed by atoms with Crippen LogP contribution in [0.4, 0.5) is 0 Å². The molecule has 0 spiro atoms. The molecule has 0 saturated heterocycles. The number of hydrogen-bond donors (Lipinski definition) is 1. The van der Waals surface area contributed by atoms with E-state index in [4.69, 9.17) is 9.47 Å². The minimum absolute atomic E-state index is 0.524. The van der Waals surface area contributed by atoms with E-state index in [-0.39, 0.29) is 0 Å². The Morgan fingerprint density at radius 2 is 2.00 bits per heavy atom. The summed E-state index contributed by atoms with van der Waals surface area (Å²) in [7, 11) is 3.21. The van der Waals surface area contributed by atoms with Gasteiger partial charge in [0.05, 0.1) is 19.6 Å². The van der Waals surface area contributed by atoms with E-state index < -0.39 is 11.4 Å². The molecule has 0 aliphatic heterocycles. The molecule has 0 heterocycles. The van der Waals surface area contributed by atoms with E-state index in [0.717, 1.165) is 35.5 Å². The SMILES string of the molecule is COc1ccc(CC2(C(=O)O)CC2)c(OC)c1C. The van der Waals surface area contributed by atoms with Crippen LogP contribution in [0.25, 0.3) is 0 Å². The van der Waals surface area contributed by atoms with Crippen LogP contribution in [0.1, 0.15) is 24.0 Å². The molecule has 2 rings (SSSR count). The van der Waals surface area contributed by atoms with Crippen LogP contribution in [-0.2, 0) is 11.2 Å². The Morgan fingerprint density at radius 3 is 2.44 bits per heavy atom. The van der Waals surface area contributed by atoms with Crippen molar-refractivity contribution in [2.75, 3.05) is 14.2 Å². The molecule has 4 nitrogen and oxygen atoms in total. The maximum Gasteiger partial charge on any atom is 0.309 e. The fourth-order valence-corrected chi connectivity index (χ4v) is 2.36. The molecule has 98 valence electrons. The number of carbonyl (C=O) groups is 1. The van der Waals surface area contributed by atoms with Gasteiger partial charge in [0, 0.05) is 5.56 Å². The Bertz CT molecular complexity index is 475. The normalized spacial score (nSPS) is 16.2. The molecule has 1 fully saturated rings. The number of carboxylic acid groups (broad SMARTS) is 1. The topological polar surface area (TPSA) is 55.8 Å². The molecule has 1 aromatic carbocycles. The predicted molar refractivity (Wildman–Crippen MR) is 67.3 cm³/mol. The third-order valence-electron chi connectivity index (χ3n) is 3.70. The second-order valence-corrected chi connectivity index (χ2v) is 4.85. The first kappa shape index (κ1) is 12.7. The molecular weight excluding hydrogens is 232 g/mol. The Labute approximate surface area is 107 Å². The molecule has 1 aliphatic carbocycles. The van der Waals surface area contributed by atoms with Gasteiger partial charge in [-0.15, -0.1) is 0 Å². The maximum absolute atomic E-state index is 11.2. The summed E-state index contributed by atoms with van der Waals surface area (Å²) in [5.74, 6) is 0.788. The summed E-state index contributed by atoms with van der Waals surface area (Å²) in [6.07, 6.45) is 2.02. The van der Waals surface area contributed by atoms with Crippen molar-refractivity contribution < 1.29 is 19.4 Å². The summed E-state index contributed by atoms with van der Waals surface area (Å²) in [6.45, 7) is 1.92. The Hall–Kier alpha value is -1.71. The summed E-state index contributed by atoms with van der Waals surface area (Å²) >= 11 is 0. The molecule has 1 aromatic rings. The van der Waals surface area contributed by atoms with Crippen molar-refractivity contribution in [1.82, 2.24) is 0 Å². The number of methoxy groups -OCH3 is 2.